The molecular weight excluding hydrogens is 394 g/mol. The van der Waals surface area contributed by atoms with Crippen LogP contribution in [0.2, 0.25) is 0 Å². The predicted octanol–water partition coefficient (Wildman–Crippen LogP) is 3.60. The molecule has 152 valence electrons. The summed E-state index contributed by atoms with van der Waals surface area (Å²) < 4.78 is 50.8. The first kappa shape index (κ1) is 20.0. The summed E-state index contributed by atoms with van der Waals surface area (Å²) in [6, 6.07) is 17.4. The zero-order chi connectivity index (χ0) is 21.3. The molecule has 0 fully saturated rings. The van der Waals surface area contributed by atoms with Crippen LogP contribution in [0.25, 0.3) is 0 Å². The quantitative estimate of drug-likeness (QED) is 0.668. The van der Waals surface area contributed by atoms with Gasteiger partial charge in [0.2, 0.25) is 0 Å². The van der Waals surface area contributed by atoms with Gasteiger partial charge in [-0.05, 0) is 52.9 Å². The van der Waals surface area contributed by atoms with Gasteiger partial charge in [-0.25, -0.2) is 0 Å². The summed E-state index contributed by atoms with van der Waals surface area (Å²) in [5.41, 5.74) is 1.70. The maximum absolute atomic E-state index is 13.2. The van der Waals surface area contributed by atoms with E-state index in [1.807, 2.05) is 24.3 Å². The summed E-state index contributed by atoms with van der Waals surface area (Å²) in [7, 11) is 1.58. The molecule has 3 aromatic carbocycles. The lowest BCUT2D eigenvalue weighted by molar-refractivity contribution is -0.137. The lowest BCUT2D eigenvalue weighted by Gasteiger charge is -2.14. The molecule has 4 nitrogen and oxygen atoms in total. The van der Waals surface area contributed by atoms with Crippen LogP contribution in [0.4, 0.5) is 18.9 Å². The van der Waals surface area contributed by atoms with Gasteiger partial charge < -0.3 is 14.7 Å². The number of benzene rings is 3. The van der Waals surface area contributed by atoms with Crippen LogP contribution in [0.1, 0.15) is 21.5 Å². The molecule has 0 aliphatic carbocycles. The molecule has 30 heavy (non-hydrogen) atoms. The number of hydrogen-bond donors (Lipinski definition) is 1. The third kappa shape index (κ3) is 3.91. The highest BCUT2D eigenvalue weighted by atomic mass is 19.4. The van der Waals surface area contributed by atoms with Crippen LogP contribution in [-0.2, 0) is 17.4 Å². The molecule has 3 aromatic rings. The summed E-state index contributed by atoms with van der Waals surface area (Å²) >= 11 is 0. The van der Waals surface area contributed by atoms with Gasteiger partial charge in [-0.1, -0.05) is 30.3 Å². The van der Waals surface area contributed by atoms with Gasteiger partial charge in [0.15, 0.2) is 0 Å². The van der Waals surface area contributed by atoms with Crippen molar-refractivity contribution in [2.24, 2.45) is 0 Å². The fourth-order valence-electron chi connectivity index (χ4n) is 3.52. The van der Waals surface area contributed by atoms with Crippen LogP contribution in [0.3, 0.4) is 0 Å². The highest BCUT2D eigenvalue weighted by Crippen LogP contribution is 2.32. The highest BCUT2D eigenvalue weighted by Gasteiger charge is 2.35. The first-order valence-corrected chi connectivity index (χ1v) is 9.23. The second-order valence-corrected chi connectivity index (χ2v) is 6.88. The van der Waals surface area contributed by atoms with Crippen LogP contribution in [0.5, 0.6) is 5.75 Å². The second kappa shape index (κ2) is 7.87. The van der Waals surface area contributed by atoms with E-state index in [0.29, 0.717) is 18.0 Å². The first-order chi connectivity index (χ1) is 14.4. The number of halogens is 3. The largest absolute Gasteiger partial charge is 0.497 e. The summed E-state index contributed by atoms with van der Waals surface area (Å²) in [5, 5.41) is 2.58. The fourth-order valence-corrected chi connectivity index (χ4v) is 3.52. The monoisotopic (exact) mass is 411 g/mol. The van der Waals surface area contributed by atoms with E-state index >= 15 is 0 Å². The van der Waals surface area contributed by atoms with Crippen molar-refractivity contribution in [2.45, 2.75) is 12.8 Å². The number of carbonyl (C=O) groups is 1. The van der Waals surface area contributed by atoms with E-state index in [1.54, 1.807) is 25.3 Å². The van der Waals surface area contributed by atoms with Crippen LogP contribution < -0.4 is 21.0 Å². The van der Waals surface area contributed by atoms with Crippen molar-refractivity contribution in [3.63, 3.8) is 0 Å². The van der Waals surface area contributed by atoms with Crippen molar-refractivity contribution >= 4 is 29.4 Å². The SMILES string of the molecule is COc1cccc(B2OCc3ccc(NC(=O)c4ccccc4C(F)(F)F)cc32)c1. The Morgan fingerprint density at radius 1 is 1.07 bits per heavy atom. The standard InChI is InChI=1S/C22H17BF3NO3/c1-29-17-6-4-5-15(11-17)23-20-12-16(10-9-14(20)13-30-23)27-21(28)18-7-2-3-8-19(18)22(24,25)26/h2-12H,13H2,1H3,(H,27,28). The normalized spacial score (nSPS) is 13.1. The molecule has 8 heteroatoms. The minimum atomic E-state index is -4.61. The number of rotatable bonds is 4. The Hall–Kier alpha value is -3.26. The van der Waals surface area contributed by atoms with E-state index in [0.717, 1.165) is 28.6 Å². The zero-order valence-electron chi connectivity index (χ0n) is 16.0. The van der Waals surface area contributed by atoms with E-state index in [4.69, 9.17) is 9.39 Å². The number of methoxy groups -OCH3 is 1. The van der Waals surface area contributed by atoms with E-state index in [9.17, 15) is 18.0 Å². The molecule has 1 N–H and O–H groups in total. The summed E-state index contributed by atoms with van der Waals surface area (Å²) in [5.74, 6) is -0.127. The molecule has 0 bridgehead atoms. The average molecular weight is 411 g/mol. The smallest absolute Gasteiger partial charge is 0.417 e. The number of anilines is 1. The zero-order valence-corrected chi connectivity index (χ0v) is 16.0. The molecule has 1 heterocycles. The molecule has 0 atom stereocenters. The maximum atomic E-state index is 13.2. The fraction of sp³-hybridized carbons (Fsp3) is 0.136. The number of nitrogens with one attached hydrogen (secondary N) is 1. The van der Waals surface area contributed by atoms with Gasteiger partial charge in [0.1, 0.15) is 5.75 Å². The number of hydrogen-bond acceptors (Lipinski definition) is 3. The highest BCUT2D eigenvalue weighted by molar-refractivity contribution is 6.81. The molecule has 1 amide bonds. The lowest BCUT2D eigenvalue weighted by atomic mass is 9.56. The summed E-state index contributed by atoms with van der Waals surface area (Å²) in [6.07, 6.45) is -4.61. The topological polar surface area (TPSA) is 47.6 Å². The summed E-state index contributed by atoms with van der Waals surface area (Å²) in [6.45, 7) is 0.0527. The Balaban J connectivity index is 1.62. The van der Waals surface area contributed by atoms with Gasteiger partial charge in [-0.3, -0.25) is 4.79 Å². The Morgan fingerprint density at radius 3 is 2.63 bits per heavy atom. The van der Waals surface area contributed by atoms with Crippen molar-refractivity contribution in [2.75, 3.05) is 12.4 Å². The first-order valence-electron chi connectivity index (χ1n) is 9.23. The molecule has 1 aliphatic rings. The third-order valence-corrected chi connectivity index (χ3v) is 4.97. The molecule has 0 saturated heterocycles. The minimum absolute atomic E-state index is 0.352. The van der Waals surface area contributed by atoms with E-state index in [-0.39, 0.29) is 6.92 Å². The van der Waals surface area contributed by atoms with E-state index in [1.165, 1.54) is 12.1 Å². The van der Waals surface area contributed by atoms with Crippen LogP contribution in [0.15, 0.2) is 66.7 Å². The van der Waals surface area contributed by atoms with Crippen LogP contribution >= 0.6 is 0 Å². The molecule has 0 unspecified atom stereocenters. The third-order valence-electron chi connectivity index (χ3n) is 4.97. The Bertz CT molecular complexity index is 1100. The van der Waals surface area contributed by atoms with Crippen molar-refractivity contribution in [1.82, 2.24) is 0 Å². The maximum Gasteiger partial charge on any atom is 0.417 e. The van der Waals surface area contributed by atoms with Gasteiger partial charge in [-0.15, -0.1) is 0 Å². The molecule has 0 saturated carbocycles. The lowest BCUT2D eigenvalue weighted by Crippen LogP contribution is -2.41. The average Bonchev–Trinajstić information content (AvgIpc) is 3.16. The van der Waals surface area contributed by atoms with Crippen molar-refractivity contribution in [3.8, 4) is 5.75 Å². The molecule has 1 aliphatic heterocycles. The number of fused-ring (bicyclic) bond motifs is 1. The number of alkyl halides is 3. The molecule has 0 aromatic heterocycles. The Kier molecular flexibility index (Phi) is 5.26. The summed E-state index contributed by atoms with van der Waals surface area (Å²) in [4.78, 5) is 12.6. The van der Waals surface area contributed by atoms with Gasteiger partial charge >= 0.3 is 13.1 Å². The molecule has 0 spiro atoms. The number of carbonyl (C=O) groups excluding carboxylic acids is 1. The molecule has 0 radical (unpaired) electrons. The van der Waals surface area contributed by atoms with Gasteiger partial charge in [0, 0.05) is 5.69 Å². The van der Waals surface area contributed by atoms with Crippen LogP contribution in [-0.4, -0.2) is 19.9 Å². The van der Waals surface area contributed by atoms with Crippen LogP contribution in [0, 0.1) is 0 Å². The number of ether oxygens (including phenoxy) is 1. The van der Waals surface area contributed by atoms with E-state index in [2.05, 4.69) is 5.32 Å². The van der Waals surface area contributed by atoms with Crippen molar-refractivity contribution in [1.29, 1.82) is 0 Å². The van der Waals surface area contributed by atoms with Crippen molar-refractivity contribution in [3.05, 3.63) is 83.4 Å². The van der Waals surface area contributed by atoms with Crippen molar-refractivity contribution < 1.29 is 27.4 Å². The van der Waals surface area contributed by atoms with Gasteiger partial charge in [0.05, 0.1) is 24.8 Å². The second-order valence-electron chi connectivity index (χ2n) is 6.88. The molecule has 4 rings (SSSR count). The Morgan fingerprint density at radius 2 is 1.87 bits per heavy atom. The minimum Gasteiger partial charge on any atom is -0.497 e. The Labute approximate surface area is 171 Å². The van der Waals surface area contributed by atoms with Gasteiger partial charge in [-0.2, -0.15) is 13.2 Å². The number of amides is 1. The molecular formula is C22H17BF3NO3. The van der Waals surface area contributed by atoms with E-state index < -0.39 is 23.2 Å². The van der Waals surface area contributed by atoms with Gasteiger partial charge in [0.25, 0.3) is 5.91 Å². The predicted molar refractivity (Wildman–Crippen MR) is 109 cm³/mol.